The topological polar surface area (TPSA) is 15.3 Å². The third-order valence-electron chi connectivity index (χ3n) is 3.61. The minimum atomic E-state index is -4.29. The lowest BCUT2D eigenvalue weighted by molar-refractivity contribution is -0.138. The summed E-state index contributed by atoms with van der Waals surface area (Å²) in [7, 11) is 2.02. The minimum absolute atomic E-state index is 0.265. The molecule has 5 heteroatoms. The molecule has 0 amide bonds. The highest BCUT2D eigenvalue weighted by molar-refractivity contribution is 5.32. The SMILES string of the molecule is CC(NC1CCN(C)C1)c1ccccc1C(F)(F)F. The molecule has 1 aliphatic rings. The van der Waals surface area contributed by atoms with Crippen molar-refractivity contribution in [1.29, 1.82) is 0 Å². The number of halogens is 3. The second-order valence-corrected chi connectivity index (χ2v) is 5.22. The summed E-state index contributed by atoms with van der Waals surface area (Å²) in [5.41, 5.74) is -0.217. The number of hydrogen-bond acceptors (Lipinski definition) is 2. The highest BCUT2D eigenvalue weighted by Gasteiger charge is 2.34. The number of likely N-dealkylation sites (N-methyl/N-ethyl adjacent to an activating group) is 1. The molecule has 0 aliphatic carbocycles. The third-order valence-corrected chi connectivity index (χ3v) is 3.61. The van der Waals surface area contributed by atoms with Gasteiger partial charge in [-0.3, -0.25) is 0 Å². The maximum absolute atomic E-state index is 12.9. The molecule has 0 spiro atoms. The van der Waals surface area contributed by atoms with E-state index in [2.05, 4.69) is 10.2 Å². The number of alkyl halides is 3. The number of nitrogens with zero attached hydrogens (tertiary/aromatic N) is 1. The van der Waals surface area contributed by atoms with Crippen molar-refractivity contribution in [1.82, 2.24) is 10.2 Å². The van der Waals surface area contributed by atoms with Crippen molar-refractivity contribution in [3.05, 3.63) is 35.4 Å². The molecule has 0 radical (unpaired) electrons. The van der Waals surface area contributed by atoms with Crippen LogP contribution in [0.4, 0.5) is 13.2 Å². The first-order valence-electron chi connectivity index (χ1n) is 6.48. The van der Waals surface area contributed by atoms with Gasteiger partial charge in [0, 0.05) is 18.6 Å². The Morgan fingerprint density at radius 2 is 2.00 bits per heavy atom. The lowest BCUT2D eigenvalue weighted by Crippen LogP contribution is -2.34. The zero-order valence-electron chi connectivity index (χ0n) is 11.2. The van der Waals surface area contributed by atoms with Gasteiger partial charge in [0.05, 0.1) is 5.56 Å². The summed E-state index contributed by atoms with van der Waals surface area (Å²) >= 11 is 0. The first-order valence-corrected chi connectivity index (χ1v) is 6.48. The quantitative estimate of drug-likeness (QED) is 0.909. The van der Waals surface area contributed by atoms with Crippen LogP contribution in [0.3, 0.4) is 0 Å². The Morgan fingerprint density at radius 3 is 2.58 bits per heavy atom. The van der Waals surface area contributed by atoms with Crippen LogP contribution in [0, 0.1) is 0 Å². The number of rotatable bonds is 3. The van der Waals surface area contributed by atoms with E-state index < -0.39 is 11.7 Å². The Hall–Kier alpha value is -1.07. The molecule has 0 aromatic heterocycles. The summed E-state index contributed by atoms with van der Waals surface area (Å²) in [5, 5.41) is 3.30. The van der Waals surface area contributed by atoms with Crippen LogP contribution in [0.2, 0.25) is 0 Å². The van der Waals surface area contributed by atoms with Crippen LogP contribution in [-0.2, 0) is 6.18 Å². The van der Waals surface area contributed by atoms with Crippen molar-refractivity contribution in [3.63, 3.8) is 0 Å². The number of nitrogens with one attached hydrogen (secondary N) is 1. The van der Waals surface area contributed by atoms with E-state index in [0.29, 0.717) is 5.56 Å². The molecule has 0 saturated carbocycles. The Bertz CT molecular complexity index is 431. The standard InChI is InChI=1S/C14H19F3N2/c1-10(18-11-7-8-19(2)9-11)12-5-3-4-6-13(12)14(15,16)17/h3-6,10-11,18H,7-9H2,1-2H3. The lowest BCUT2D eigenvalue weighted by atomic mass is 10.00. The molecule has 2 rings (SSSR count). The molecule has 19 heavy (non-hydrogen) atoms. The summed E-state index contributed by atoms with van der Waals surface area (Å²) in [6, 6.07) is 5.76. The molecule has 1 aliphatic heterocycles. The molecular formula is C14H19F3N2. The Labute approximate surface area is 111 Å². The fourth-order valence-corrected chi connectivity index (χ4v) is 2.65. The maximum Gasteiger partial charge on any atom is 0.416 e. The molecule has 2 unspecified atom stereocenters. The number of hydrogen-bond donors (Lipinski definition) is 1. The second-order valence-electron chi connectivity index (χ2n) is 5.22. The predicted molar refractivity (Wildman–Crippen MR) is 68.9 cm³/mol. The summed E-state index contributed by atoms with van der Waals surface area (Å²) in [5.74, 6) is 0. The van der Waals surface area contributed by atoms with E-state index in [1.807, 2.05) is 7.05 Å². The molecule has 0 bridgehead atoms. The van der Waals surface area contributed by atoms with E-state index in [9.17, 15) is 13.2 Å². The van der Waals surface area contributed by atoms with E-state index in [-0.39, 0.29) is 12.1 Å². The van der Waals surface area contributed by atoms with Crippen molar-refractivity contribution in [2.75, 3.05) is 20.1 Å². The van der Waals surface area contributed by atoms with Gasteiger partial charge in [0.1, 0.15) is 0 Å². The molecule has 1 heterocycles. The molecule has 1 aromatic rings. The zero-order chi connectivity index (χ0) is 14.0. The Balaban J connectivity index is 2.13. The number of benzene rings is 1. The second kappa shape index (κ2) is 5.51. The van der Waals surface area contributed by atoms with Crippen LogP contribution >= 0.6 is 0 Å². The van der Waals surface area contributed by atoms with Crippen molar-refractivity contribution in [3.8, 4) is 0 Å². The van der Waals surface area contributed by atoms with E-state index in [4.69, 9.17) is 0 Å². The minimum Gasteiger partial charge on any atom is -0.306 e. The van der Waals surface area contributed by atoms with Gasteiger partial charge < -0.3 is 10.2 Å². The van der Waals surface area contributed by atoms with Gasteiger partial charge in [-0.1, -0.05) is 18.2 Å². The van der Waals surface area contributed by atoms with Crippen molar-refractivity contribution in [2.45, 2.75) is 31.6 Å². The number of likely N-dealkylation sites (tertiary alicyclic amines) is 1. The van der Waals surface area contributed by atoms with Crippen LogP contribution in [0.5, 0.6) is 0 Å². The summed E-state index contributed by atoms with van der Waals surface area (Å²) in [4.78, 5) is 2.18. The maximum atomic E-state index is 12.9. The van der Waals surface area contributed by atoms with Gasteiger partial charge >= 0.3 is 6.18 Å². The van der Waals surface area contributed by atoms with Crippen LogP contribution < -0.4 is 5.32 Å². The van der Waals surface area contributed by atoms with Gasteiger partial charge in [-0.05, 0) is 38.6 Å². The zero-order valence-corrected chi connectivity index (χ0v) is 11.2. The van der Waals surface area contributed by atoms with Crippen LogP contribution in [-0.4, -0.2) is 31.1 Å². The average molecular weight is 272 g/mol. The van der Waals surface area contributed by atoms with E-state index >= 15 is 0 Å². The monoisotopic (exact) mass is 272 g/mol. The fraction of sp³-hybridized carbons (Fsp3) is 0.571. The summed E-state index contributed by atoms with van der Waals surface area (Å²) in [6.45, 7) is 3.67. The average Bonchev–Trinajstić information content (AvgIpc) is 2.73. The highest BCUT2D eigenvalue weighted by Crippen LogP contribution is 2.34. The largest absolute Gasteiger partial charge is 0.416 e. The first-order chi connectivity index (χ1) is 8.88. The normalized spacial score (nSPS) is 22.7. The molecule has 2 atom stereocenters. The van der Waals surface area contributed by atoms with E-state index in [1.165, 1.54) is 6.07 Å². The molecule has 106 valence electrons. The van der Waals surface area contributed by atoms with Crippen LogP contribution in [0.1, 0.15) is 30.5 Å². The van der Waals surface area contributed by atoms with E-state index in [1.54, 1.807) is 19.1 Å². The van der Waals surface area contributed by atoms with Crippen molar-refractivity contribution >= 4 is 0 Å². The fourth-order valence-electron chi connectivity index (χ4n) is 2.65. The van der Waals surface area contributed by atoms with Crippen LogP contribution in [0.15, 0.2) is 24.3 Å². The smallest absolute Gasteiger partial charge is 0.306 e. The predicted octanol–water partition coefficient (Wildman–Crippen LogP) is 3.06. The van der Waals surface area contributed by atoms with E-state index in [0.717, 1.165) is 25.6 Å². The van der Waals surface area contributed by atoms with Crippen molar-refractivity contribution in [2.24, 2.45) is 0 Å². The van der Waals surface area contributed by atoms with Gasteiger partial charge in [0.15, 0.2) is 0 Å². The van der Waals surface area contributed by atoms with Gasteiger partial charge in [-0.25, -0.2) is 0 Å². The molecule has 1 saturated heterocycles. The van der Waals surface area contributed by atoms with Crippen molar-refractivity contribution < 1.29 is 13.2 Å². The highest BCUT2D eigenvalue weighted by atomic mass is 19.4. The summed E-state index contributed by atoms with van der Waals surface area (Å²) in [6.07, 6.45) is -3.31. The van der Waals surface area contributed by atoms with Gasteiger partial charge in [-0.2, -0.15) is 13.2 Å². The lowest BCUT2D eigenvalue weighted by Gasteiger charge is -2.23. The Kier molecular flexibility index (Phi) is 4.16. The molecular weight excluding hydrogens is 253 g/mol. The molecule has 1 fully saturated rings. The first kappa shape index (κ1) is 14.3. The molecule has 1 N–H and O–H groups in total. The van der Waals surface area contributed by atoms with Gasteiger partial charge in [0.2, 0.25) is 0 Å². The van der Waals surface area contributed by atoms with Gasteiger partial charge in [0.25, 0.3) is 0 Å². The molecule has 1 aromatic carbocycles. The summed E-state index contributed by atoms with van der Waals surface area (Å²) < 4.78 is 38.8. The molecule has 2 nitrogen and oxygen atoms in total. The van der Waals surface area contributed by atoms with Crippen LogP contribution in [0.25, 0.3) is 0 Å². The Morgan fingerprint density at radius 1 is 1.32 bits per heavy atom. The third kappa shape index (κ3) is 3.48. The van der Waals surface area contributed by atoms with Gasteiger partial charge in [-0.15, -0.1) is 0 Å².